The summed E-state index contributed by atoms with van der Waals surface area (Å²) < 4.78 is 12.5. The van der Waals surface area contributed by atoms with E-state index in [9.17, 15) is 9.59 Å². The van der Waals surface area contributed by atoms with Gasteiger partial charge >= 0.3 is 5.97 Å². The van der Waals surface area contributed by atoms with Crippen molar-refractivity contribution in [3.63, 3.8) is 0 Å². The van der Waals surface area contributed by atoms with Gasteiger partial charge in [-0.3, -0.25) is 14.0 Å². The van der Waals surface area contributed by atoms with Crippen LogP contribution in [0.1, 0.15) is 17.0 Å². The van der Waals surface area contributed by atoms with Crippen LogP contribution in [0.2, 0.25) is 5.02 Å². The maximum atomic E-state index is 12.4. The van der Waals surface area contributed by atoms with Crippen LogP contribution in [-0.2, 0) is 22.6 Å². The number of nitrogens with zero attached hydrogens (tertiary/aromatic N) is 2. The van der Waals surface area contributed by atoms with Crippen molar-refractivity contribution in [2.24, 2.45) is 5.92 Å². The molecule has 0 saturated carbocycles. The molecule has 0 bridgehead atoms. The fourth-order valence-corrected chi connectivity index (χ4v) is 4.04. The summed E-state index contributed by atoms with van der Waals surface area (Å²) in [5.41, 5.74) is 1.98. The number of fused-ring (bicyclic) bond motifs is 2. The molecule has 2 aromatic heterocycles. The van der Waals surface area contributed by atoms with E-state index in [1.165, 1.54) is 21.8 Å². The number of hydrogen-bond acceptors (Lipinski definition) is 6. The van der Waals surface area contributed by atoms with Crippen LogP contribution in [-0.4, -0.2) is 22.0 Å². The molecule has 3 aromatic rings. The van der Waals surface area contributed by atoms with Crippen LogP contribution in [0.3, 0.4) is 0 Å². The van der Waals surface area contributed by atoms with Gasteiger partial charge in [-0.05, 0) is 37.1 Å². The van der Waals surface area contributed by atoms with Crippen LogP contribution in [0.4, 0.5) is 0 Å². The molecule has 0 radical (unpaired) electrons. The third-order valence-electron chi connectivity index (χ3n) is 4.25. The van der Waals surface area contributed by atoms with E-state index in [0.29, 0.717) is 22.1 Å². The first-order valence-corrected chi connectivity index (χ1v) is 9.31. The first kappa shape index (κ1) is 17.1. The number of benzene rings is 1. The molecule has 0 spiro atoms. The lowest BCUT2D eigenvalue weighted by molar-refractivity contribution is -0.151. The topological polar surface area (TPSA) is 69.9 Å². The molecule has 0 fully saturated rings. The third kappa shape index (κ3) is 3.20. The third-order valence-corrected chi connectivity index (χ3v) is 5.43. The number of rotatable bonds is 3. The highest BCUT2D eigenvalue weighted by atomic mass is 35.5. The van der Waals surface area contributed by atoms with E-state index in [0.717, 1.165) is 17.0 Å². The molecule has 0 aliphatic carbocycles. The Morgan fingerprint density at radius 1 is 1.46 bits per heavy atom. The van der Waals surface area contributed by atoms with E-state index in [-0.39, 0.29) is 24.7 Å². The standard InChI is InChI=1S/C18H15ClN2O4S/c1-10-9-26-18-20-14(6-16(22)21(10)18)8-25-17(23)12-4-11-5-13(19)2-3-15(11)24-7-12/h2-3,5-6,9,12H,4,7-8H2,1H3. The quantitative estimate of drug-likeness (QED) is 0.643. The van der Waals surface area contributed by atoms with Gasteiger partial charge in [0.1, 0.15) is 19.0 Å². The zero-order valence-corrected chi connectivity index (χ0v) is 15.5. The van der Waals surface area contributed by atoms with Gasteiger partial charge in [0.2, 0.25) is 0 Å². The second-order valence-corrected chi connectivity index (χ2v) is 7.43. The van der Waals surface area contributed by atoms with Crippen molar-refractivity contribution in [1.82, 2.24) is 9.38 Å². The van der Waals surface area contributed by atoms with Crippen LogP contribution in [0.5, 0.6) is 5.75 Å². The molecule has 1 aromatic carbocycles. The Balaban J connectivity index is 1.45. The van der Waals surface area contributed by atoms with Gasteiger partial charge in [-0.2, -0.15) is 0 Å². The first-order chi connectivity index (χ1) is 12.5. The first-order valence-electron chi connectivity index (χ1n) is 8.06. The number of hydrogen-bond donors (Lipinski definition) is 0. The molecule has 26 heavy (non-hydrogen) atoms. The second-order valence-electron chi connectivity index (χ2n) is 6.15. The number of ether oxygens (including phenoxy) is 2. The highest BCUT2D eigenvalue weighted by Gasteiger charge is 2.27. The molecule has 8 heteroatoms. The predicted molar refractivity (Wildman–Crippen MR) is 98.0 cm³/mol. The van der Waals surface area contributed by atoms with Crippen molar-refractivity contribution in [3.8, 4) is 5.75 Å². The summed E-state index contributed by atoms with van der Waals surface area (Å²) in [5, 5.41) is 2.46. The van der Waals surface area contributed by atoms with Crippen LogP contribution >= 0.6 is 22.9 Å². The fourth-order valence-electron chi connectivity index (χ4n) is 2.95. The number of aryl methyl sites for hydroxylation is 1. The van der Waals surface area contributed by atoms with E-state index in [4.69, 9.17) is 21.1 Å². The number of aromatic nitrogens is 2. The fraction of sp³-hybridized carbons (Fsp3) is 0.278. The van der Waals surface area contributed by atoms with Crippen molar-refractivity contribution in [3.05, 3.63) is 62.0 Å². The Morgan fingerprint density at radius 3 is 3.15 bits per heavy atom. The maximum Gasteiger partial charge on any atom is 0.313 e. The molecule has 1 aliphatic heterocycles. The van der Waals surface area contributed by atoms with Gasteiger partial charge in [0, 0.05) is 22.2 Å². The number of halogens is 1. The van der Waals surface area contributed by atoms with Crippen molar-refractivity contribution in [2.45, 2.75) is 20.0 Å². The van der Waals surface area contributed by atoms with Gasteiger partial charge < -0.3 is 9.47 Å². The summed E-state index contributed by atoms with van der Waals surface area (Å²) in [5.74, 6) is -0.0404. The Kier molecular flexibility index (Phi) is 4.42. The Labute approximate surface area is 158 Å². The van der Waals surface area contributed by atoms with E-state index in [1.54, 1.807) is 18.2 Å². The van der Waals surface area contributed by atoms with E-state index < -0.39 is 5.92 Å². The van der Waals surface area contributed by atoms with Crippen LogP contribution in [0, 0.1) is 12.8 Å². The highest BCUT2D eigenvalue weighted by molar-refractivity contribution is 7.15. The Bertz CT molecular complexity index is 1060. The minimum Gasteiger partial charge on any atom is -0.492 e. The molecule has 0 amide bonds. The van der Waals surface area contributed by atoms with Crippen LogP contribution in [0.25, 0.3) is 4.96 Å². The van der Waals surface area contributed by atoms with Gasteiger partial charge in [0.05, 0.1) is 11.6 Å². The Hall–Kier alpha value is -2.38. The molecule has 0 saturated heterocycles. The molecule has 6 nitrogen and oxygen atoms in total. The summed E-state index contributed by atoms with van der Waals surface area (Å²) in [4.78, 5) is 29.5. The highest BCUT2D eigenvalue weighted by Crippen LogP contribution is 2.30. The predicted octanol–water partition coefficient (Wildman–Crippen LogP) is 3.01. The average molecular weight is 391 g/mol. The zero-order valence-electron chi connectivity index (χ0n) is 13.9. The smallest absolute Gasteiger partial charge is 0.313 e. The lowest BCUT2D eigenvalue weighted by Gasteiger charge is -2.24. The maximum absolute atomic E-state index is 12.4. The van der Waals surface area contributed by atoms with Gasteiger partial charge in [-0.1, -0.05) is 11.6 Å². The molecular weight excluding hydrogens is 376 g/mol. The summed E-state index contributed by atoms with van der Waals surface area (Å²) in [6.45, 7) is 2.06. The van der Waals surface area contributed by atoms with Crippen molar-refractivity contribution in [2.75, 3.05) is 6.61 Å². The molecule has 1 aliphatic rings. The molecule has 3 heterocycles. The summed E-state index contributed by atoms with van der Waals surface area (Å²) in [6, 6.07) is 6.75. The lowest BCUT2D eigenvalue weighted by Crippen LogP contribution is -2.30. The summed E-state index contributed by atoms with van der Waals surface area (Å²) >= 11 is 7.38. The zero-order chi connectivity index (χ0) is 18.3. The lowest BCUT2D eigenvalue weighted by atomic mass is 9.97. The molecular formula is C18H15ClN2O4S. The molecule has 134 valence electrons. The number of esters is 1. The average Bonchev–Trinajstić information content (AvgIpc) is 3.00. The molecule has 1 unspecified atom stereocenters. The number of thiazole rings is 1. The van der Waals surface area contributed by atoms with E-state index in [2.05, 4.69) is 4.98 Å². The summed E-state index contributed by atoms with van der Waals surface area (Å²) in [7, 11) is 0. The normalized spacial score (nSPS) is 16.2. The van der Waals surface area contributed by atoms with Gasteiger partial charge in [0.25, 0.3) is 5.56 Å². The second kappa shape index (κ2) is 6.74. The van der Waals surface area contributed by atoms with E-state index in [1.807, 2.05) is 12.3 Å². The molecule has 4 rings (SSSR count). The molecule has 1 atom stereocenters. The summed E-state index contributed by atoms with van der Waals surface area (Å²) in [6.07, 6.45) is 0.508. The minimum absolute atomic E-state index is 0.0412. The monoisotopic (exact) mass is 390 g/mol. The number of carbonyl (C=O) groups is 1. The van der Waals surface area contributed by atoms with Crippen molar-refractivity contribution < 1.29 is 14.3 Å². The van der Waals surface area contributed by atoms with Crippen molar-refractivity contribution in [1.29, 1.82) is 0 Å². The molecule has 0 N–H and O–H groups in total. The van der Waals surface area contributed by atoms with Crippen molar-refractivity contribution >= 4 is 33.9 Å². The van der Waals surface area contributed by atoms with Gasteiger partial charge in [0.15, 0.2) is 4.96 Å². The van der Waals surface area contributed by atoms with Crippen LogP contribution in [0.15, 0.2) is 34.4 Å². The van der Waals surface area contributed by atoms with Crippen LogP contribution < -0.4 is 10.3 Å². The minimum atomic E-state index is -0.408. The van der Waals surface area contributed by atoms with E-state index >= 15 is 0 Å². The number of carbonyl (C=O) groups excluding carboxylic acids is 1. The largest absolute Gasteiger partial charge is 0.492 e. The SMILES string of the molecule is Cc1csc2nc(COC(=O)C3COc4ccc(Cl)cc4C3)cc(=O)n12. The Morgan fingerprint density at radius 2 is 2.31 bits per heavy atom. The van der Waals surface area contributed by atoms with Gasteiger partial charge in [-0.25, -0.2) is 4.98 Å². The van der Waals surface area contributed by atoms with Gasteiger partial charge in [-0.15, -0.1) is 11.3 Å².